The molecular formula is C41H33NO6. The lowest BCUT2D eigenvalue weighted by Crippen LogP contribution is -2.58. The normalized spacial score (nSPS) is 27.6. The lowest BCUT2D eigenvalue weighted by molar-refractivity contribution is -0.135. The smallest absolute Gasteiger partial charge is 0.231 e. The zero-order valence-electron chi connectivity index (χ0n) is 26.0. The average Bonchev–Trinajstić information content (AvgIpc) is 3.42. The second-order valence-electron chi connectivity index (χ2n) is 13.1. The van der Waals surface area contributed by atoms with Gasteiger partial charge in [-0.3, -0.25) is 24.5 Å². The van der Waals surface area contributed by atoms with Crippen molar-refractivity contribution in [2.24, 2.45) is 23.7 Å². The van der Waals surface area contributed by atoms with E-state index >= 15 is 4.79 Å². The Morgan fingerprint density at radius 1 is 0.792 bits per heavy atom. The highest BCUT2D eigenvalue weighted by atomic mass is 16.5. The van der Waals surface area contributed by atoms with Gasteiger partial charge in [0, 0.05) is 29.0 Å². The SMILES string of the molecule is O=C1NC(=O)[C@H]2CC=C3[C@@H](C[C@H]4C(=O)C(c5ccccc5)=CC(=O)[C@@]4(c4ccccc4)[C@H]3c3ccc(OCc4ccccc4)cc3O)[C@@H]12. The van der Waals surface area contributed by atoms with Crippen LogP contribution in [-0.2, 0) is 31.2 Å². The second-order valence-corrected chi connectivity index (χ2v) is 13.1. The van der Waals surface area contributed by atoms with Crippen LogP contribution in [-0.4, -0.2) is 28.5 Å². The number of ether oxygens (including phenoxy) is 1. The summed E-state index contributed by atoms with van der Waals surface area (Å²) in [6.07, 6.45) is 3.99. The van der Waals surface area contributed by atoms with E-state index in [1.165, 1.54) is 6.08 Å². The van der Waals surface area contributed by atoms with Gasteiger partial charge in [-0.25, -0.2) is 0 Å². The Labute approximate surface area is 278 Å². The number of hydrogen-bond donors (Lipinski definition) is 2. The molecule has 0 unspecified atom stereocenters. The highest BCUT2D eigenvalue weighted by molar-refractivity contribution is 6.31. The first-order chi connectivity index (χ1) is 23.4. The van der Waals surface area contributed by atoms with Gasteiger partial charge in [0.05, 0.1) is 17.3 Å². The number of ketones is 2. The standard InChI is InChI=1S/C41H33NO6/c43-34-20-27(48-23-24-10-4-1-5-11-24)16-17-29(34)37-28-18-19-30-36(40(47)42-39(30)46)32(28)21-33-38(45)31(25-12-6-2-7-13-25)22-35(44)41(33,37)26-14-8-3-9-15-26/h1-18,20,22,30,32-33,36-37,43H,19,21,23H2,(H,42,46,47)/t30-,32+,33-,36-,37+,41-/m0/s1. The molecule has 48 heavy (non-hydrogen) atoms. The highest BCUT2D eigenvalue weighted by Crippen LogP contribution is 2.64. The van der Waals surface area contributed by atoms with Gasteiger partial charge >= 0.3 is 0 Å². The van der Waals surface area contributed by atoms with Crippen molar-refractivity contribution in [2.75, 3.05) is 0 Å². The number of phenolic OH excluding ortho intramolecular Hbond substituents is 1. The second kappa shape index (κ2) is 11.6. The van der Waals surface area contributed by atoms with Crippen LogP contribution in [0.15, 0.2) is 127 Å². The van der Waals surface area contributed by atoms with Gasteiger partial charge in [0.25, 0.3) is 0 Å². The van der Waals surface area contributed by atoms with Crippen LogP contribution in [0.25, 0.3) is 5.57 Å². The van der Waals surface area contributed by atoms with Crippen molar-refractivity contribution in [1.82, 2.24) is 5.32 Å². The molecule has 238 valence electrons. The lowest BCUT2D eigenvalue weighted by Gasteiger charge is -2.55. The van der Waals surface area contributed by atoms with Crippen molar-refractivity contribution in [3.05, 3.63) is 149 Å². The molecule has 1 heterocycles. The van der Waals surface area contributed by atoms with Gasteiger partial charge in [0.2, 0.25) is 11.8 Å². The van der Waals surface area contributed by atoms with Crippen LogP contribution in [0, 0.1) is 23.7 Å². The third kappa shape index (κ3) is 4.56. The number of aromatic hydroxyl groups is 1. The molecule has 4 aromatic rings. The predicted molar refractivity (Wildman–Crippen MR) is 179 cm³/mol. The molecule has 0 bridgehead atoms. The van der Waals surface area contributed by atoms with Gasteiger partial charge in [-0.1, -0.05) is 109 Å². The maximum Gasteiger partial charge on any atom is 0.231 e. The summed E-state index contributed by atoms with van der Waals surface area (Å²) in [6.45, 7) is 0.304. The van der Waals surface area contributed by atoms with E-state index < -0.39 is 35.0 Å². The minimum Gasteiger partial charge on any atom is -0.508 e. The van der Waals surface area contributed by atoms with E-state index in [0.29, 0.717) is 41.0 Å². The van der Waals surface area contributed by atoms with E-state index in [0.717, 1.165) is 11.1 Å². The maximum absolute atomic E-state index is 15.0. The number of phenols is 1. The van der Waals surface area contributed by atoms with E-state index in [4.69, 9.17) is 4.74 Å². The third-order valence-corrected chi connectivity index (χ3v) is 10.8. The molecule has 2 amide bonds. The van der Waals surface area contributed by atoms with Gasteiger partial charge < -0.3 is 9.84 Å². The molecule has 1 saturated heterocycles. The number of allylic oxidation sites excluding steroid dienone is 4. The fourth-order valence-electron chi connectivity index (χ4n) is 8.73. The van der Waals surface area contributed by atoms with Crippen LogP contribution in [0.5, 0.6) is 11.5 Å². The first-order valence-electron chi connectivity index (χ1n) is 16.3. The van der Waals surface area contributed by atoms with Crippen LogP contribution in [0.1, 0.15) is 41.0 Å². The fourth-order valence-corrected chi connectivity index (χ4v) is 8.73. The van der Waals surface area contributed by atoms with Gasteiger partial charge in [-0.2, -0.15) is 0 Å². The van der Waals surface area contributed by atoms with Crippen molar-refractivity contribution < 1.29 is 29.0 Å². The summed E-state index contributed by atoms with van der Waals surface area (Å²) in [7, 11) is 0. The number of amides is 2. The van der Waals surface area contributed by atoms with E-state index in [1.807, 2.05) is 97.1 Å². The van der Waals surface area contributed by atoms with Crippen molar-refractivity contribution in [3.63, 3.8) is 0 Å². The molecular weight excluding hydrogens is 602 g/mol. The summed E-state index contributed by atoms with van der Waals surface area (Å²) in [5.41, 5.74) is 2.47. The first-order valence-corrected chi connectivity index (χ1v) is 16.3. The number of fused-ring (bicyclic) bond motifs is 4. The van der Waals surface area contributed by atoms with Crippen LogP contribution in [0.3, 0.4) is 0 Å². The number of carbonyl (C=O) groups excluding carboxylic acids is 4. The number of Topliss-reactive ketones (excluding diaryl/α,β-unsaturated/α-hetero) is 1. The number of benzene rings is 4. The Balaban J connectivity index is 1.33. The van der Waals surface area contributed by atoms with Crippen molar-refractivity contribution in [1.29, 1.82) is 0 Å². The van der Waals surface area contributed by atoms with Gasteiger partial charge in [0.1, 0.15) is 18.1 Å². The number of nitrogens with one attached hydrogen (secondary N) is 1. The Bertz CT molecular complexity index is 2020. The zero-order chi connectivity index (χ0) is 33.0. The molecule has 0 spiro atoms. The molecule has 6 atom stereocenters. The van der Waals surface area contributed by atoms with Crippen LogP contribution in [0.4, 0.5) is 0 Å². The van der Waals surface area contributed by atoms with Crippen LogP contribution >= 0.6 is 0 Å². The van der Waals surface area contributed by atoms with Gasteiger partial charge in [0.15, 0.2) is 11.6 Å². The van der Waals surface area contributed by atoms with Crippen molar-refractivity contribution >= 4 is 29.0 Å². The minimum atomic E-state index is -1.41. The molecule has 7 nitrogen and oxygen atoms in total. The summed E-state index contributed by atoms with van der Waals surface area (Å²) >= 11 is 0. The molecule has 2 fully saturated rings. The molecule has 4 aromatic carbocycles. The molecule has 2 N–H and O–H groups in total. The lowest BCUT2D eigenvalue weighted by atomic mass is 9.44. The van der Waals surface area contributed by atoms with E-state index in [1.54, 1.807) is 18.2 Å². The van der Waals surface area contributed by atoms with Gasteiger partial charge in [-0.15, -0.1) is 0 Å². The number of carbonyl (C=O) groups is 4. The Morgan fingerprint density at radius 2 is 1.48 bits per heavy atom. The molecule has 1 aliphatic heterocycles. The van der Waals surface area contributed by atoms with Crippen LogP contribution in [0.2, 0.25) is 0 Å². The van der Waals surface area contributed by atoms with E-state index in [9.17, 15) is 19.5 Å². The predicted octanol–water partition coefficient (Wildman–Crippen LogP) is 6.08. The van der Waals surface area contributed by atoms with Crippen LogP contribution < -0.4 is 10.1 Å². The number of rotatable bonds is 6. The van der Waals surface area contributed by atoms with Crippen molar-refractivity contribution in [3.8, 4) is 11.5 Å². The fraction of sp³-hybridized carbons (Fsp3) is 0.220. The molecule has 4 aliphatic rings. The quantitative estimate of drug-likeness (QED) is 0.196. The van der Waals surface area contributed by atoms with E-state index in [-0.39, 0.29) is 35.6 Å². The highest BCUT2D eigenvalue weighted by Gasteiger charge is 2.65. The Kier molecular flexibility index (Phi) is 7.20. The third-order valence-electron chi connectivity index (χ3n) is 10.8. The molecule has 0 aromatic heterocycles. The van der Waals surface area contributed by atoms with E-state index in [2.05, 4.69) is 5.32 Å². The maximum atomic E-state index is 15.0. The largest absolute Gasteiger partial charge is 0.508 e. The number of hydrogen-bond acceptors (Lipinski definition) is 6. The molecule has 0 radical (unpaired) electrons. The summed E-state index contributed by atoms with van der Waals surface area (Å²) in [5.74, 6) is -4.07. The average molecular weight is 636 g/mol. The molecule has 8 rings (SSSR count). The Morgan fingerprint density at radius 3 is 2.19 bits per heavy atom. The number of imide groups is 1. The summed E-state index contributed by atoms with van der Waals surface area (Å²) in [5, 5.41) is 14.3. The first kappa shape index (κ1) is 29.8. The topological polar surface area (TPSA) is 110 Å². The molecule has 1 saturated carbocycles. The summed E-state index contributed by atoms with van der Waals surface area (Å²) in [4.78, 5) is 56.1. The van der Waals surface area contributed by atoms with Crippen molar-refractivity contribution in [2.45, 2.75) is 30.8 Å². The molecule has 3 aliphatic carbocycles. The zero-order valence-corrected chi connectivity index (χ0v) is 26.0. The molecule has 7 heteroatoms. The minimum absolute atomic E-state index is 0.0756. The summed E-state index contributed by atoms with van der Waals surface area (Å²) < 4.78 is 6.03. The van der Waals surface area contributed by atoms with Gasteiger partial charge in [-0.05, 0) is 47.6 Å². The Hall–Kier alpha value is -5.56. The summed E-state index contributed by atoms with van der Waals surface area (Å²) in [6, 6.07) is 33.3. The monoisotopic (exact) mass is 635 g/mol.